The summed E-state index contributed by atoms with van der Waals surface area (Å²) in [4.78, 5) is 19.4. The lowest BCUT2D eigenvalue weighted by Crippen LogP contribution is -2.12. The van der Waals surface area contributed by atoms with Crippen molar-refractivity contribution in [1.82, 2.24) is 15.3 Å². The Labute approximate surface area is 80.0 Å². The highest BCUT2D eigenvalue weighted by molar-refractivity contribution is 6.01. The predicted octanol–water partition coefficient (Wildman–Crippen LogP) is 0.873. The van der Waals surface area contributed by atoms with Gasteiger partial charge < -0.3 is 5.32 Å². The van der Waals surface area contributed by atoms with Crippen LogP contribution in [-0.4, -0.2) is 15.9 Å². The lowest BCUT2D eigenvalue weighted by molar-refractivity contribution is 0.0966. The first kappa shape index (κ1) is 7.44. The molecule has 1 N–H and O–H groups in total. The Bertz CT molecular complexity index is 536. The van der Waals surface area contributed by atoms with Crippen molar-refractivity contribution >= 4 is 16.8 Å². The SMILES string of the molecule is O=C1NCc2cc3cncnc3cc21. The van der Waals surface area contributed by atoms with E-state index in [9.17, 15) is 4.79 Å². The van der Waals surface area contributed by atoms with Gasteiger partial charge in [-0.15, -0.1) is 0 Å². The summed E-state index contributed by atoms with van der Waals surface area (Å²) >= 11 is 0. The van der Waals surface area contributed by atoms with Gasteiger partial charge in [0.25, 0.3) is 5.91 Å². The van der Waals surface area contributed by atoms with E-state index in [2.05, 4.69) is 15.3 Å². The second-order valence-electron chi connectivity index (χ2n) is 3.27. The van der Waals surface area contributed by atoms with Gasteiger partial charge in [-0.25, -0.2) is 9.97 Å². The maximum atomic E-state index is 11.4. The van der Waals surface area contributed by atoms with Crippen LogP contribution in [0.2, 0.25) is 0 Å². The minimum Gasteiger partial charge on any atom is -0.348 e. The zero-order chi connectivity index (χ0) is 9.54. The summed E-state index contributed by atoms with van der Waals surface area (Å²) in [6.07, 6.45) is 3.24. The highest BCUT2D eigenvalue weighted by Crippen LogP contribution is 2.21. The van der Waals surface area contributed by atoms with Crippen LogP contribution in [0.25, 0.3) is 10.9 Å². The number of aromatic nitrogens is 2. The molecule has 2 aromatic rings. The quantitative estimate of drug-likeness (QED) is 0.662. The molecule has 1 aromatic carbocycles. The smallest absolute Gasteiger partial charge is 0.251 e. The summed E-state index contributed by atoms with van der Waals surface area (Å²) in [5.41, 5.74) is 2.57. The lowest BCUT2D eigenvalue weighted by atomic mass is 10.1. The fraction of sp³-hybridized carbons (Fsp3) is 0.100. The molecule has 0 radical (unpaired) electrons. The molecule has 0 bridgehead atoms. The summed E-state index contributed by atoms with van der Waals surface area (Å²) in [7, 11) is 0. The summed E-state index contributed by atoms with van der Waals surface area (Å²) in [5, 5.41) is 3.75. The number of nitrogens with zero attached hydrogens (tertiary/aromatic N) is 2. The van der Waals surface area contributed by atoms with Crippen molar-refractivity contribution in [2.45, 2.75) is 6.54 Å². The van der Waals surface area contributed by atoms with Crippen molar-refractivity contribution in [2.24, 2.45) is 0 Å². The molecule has 0 atom stereocenters. The number of rotatable bonds is 0. The van der Waals surface area contributed by atoms with E-state index in [-0.39, 0.29) is 5.91 Å². The number of hydrogen-bond acceptors (Lipinski definition) is 3. The summed E-state index contributed by atoms with van der Waals surface area (Å²) in [5.74, 6) is -0.0134. The molecule has 1 aliphatic rings. The monoisotopic (exact) mass is 185 g/mol. The van der Waals surface area contributed by atoms with E-state index in [1.54, 1.807) is 6.20 Å². The minimum absolute atomic E-state index is 0.0134. The molecule has 68 valence electrons. The van der Waals surface area contributed by atoms with E-state index in [1.165, 1.54) is 6.33 Å². The van der Waals surface area contributed by atoms with Crippen molar-refractivity contribution < 1.29 is 4.79 Å². The molecule has 3 rings (SSSR count). The van der Waals surface area contributed by atoms with Crippen LogP contribution in [0.3, 0.4) is 0 Å². The van der Waals surface area contributed by atoms with Gasteiger partial charge in [-0.2, -0.15) is 0 Å². The first-order valence-electron chi connectivity index (χ1n) is 4.35. The average Bonchev–Trinajstić information content (AvgIpc) is 2.57. The van der Waals surface area contributed by atoms with Gasteiger partial charge in [0.1, 0.15) is 6.33 Å². The zero-order valence-corrected chi connectivity index (χ0v) is 7.32. The molecule has 1 aliphatic heterocycles. The van der Waals surface area contributed by atoms with Crippen LogP contribution < -0.4 is 5.32 Å². The maximum absolute atomic E-state index is 11.4. The van der Waals surface area contributed by atoms with Crippen LogP contribution in [0.15, 0.2) is 24.7 Å². The molecule has 4 heteroatoms. The molecular weight excluding hydrogens is 178 g/mol. The Morgan fingerprint density at radius 1 is 1.36 bits per heavy atom. The largest absolute Gasteiger partial charge is 0.348 e. The molecule has 2 heterocycles. The number of nitrogens with one attached hydrogen (secondary N) is 1. The van der Waals surface area contributed by atoms with Gasteiger partial charge in [-0.05, 0) is 17.7 Å². The van der Waals surface area contributed by atoms with E-state index in [1.807, 2.05) is 12.1 Å². The average molecular weight is 185 g/mol. The summed E-state index contributed by atoms with van der Waals surface area (Å²) in [6, 6.07) is 3.78. The van der Waals surface area contributed by atoms with Gasteiger partial charge in [0, 0.05) is 23.7 Å². The Kier molecular flexibility index (Phi) is 1.33. The van der Waals surface area contributed by atoms with Crippen LogP contribution in [0, 0.1) is 0 Å². The van der Waals surface area contributed by atoms with Gasteiger partial charge >= 0.3 is 0 Å². The number of hydrogen-bond donors (Lipinski definition) is 1. The molecule has 1 aromatic heterocycles. The topological polar surface area (TPSA) is 54.9 Å². The molecule has 0 spiro atoms. The van der Waals surface area contributed by atoms with E-state index in [0.29, 0.717) is 6.54 Å². The standard InChI is InChI=1S/C10H7N3O/c14-10-8-2-9-7(3-11-5-13-9)1-6(8)4-12-10/h1-3,5H,4H2,(H,12,14). The van der Waals surface area contributed by atoms with E-state index in [4.69, 9.17) is 0 Å². The Hall–Kier alpha value is -1.97. The second-order valence-corrected chi connectivity index (χ2v) is 3.27. The van der Waals surface area contributed by atoms with Crippen LogP contribution in [-0.2, 0) is 6.54 Å². The van der Waals surface area contributed by atoms with Crippen molar-refractivity contribution in [3.05, 3.63) is 35.8 Å². The lowest BCUT2D eigenvalue weighted by Gasteiger charge is -1.98. The van der Waals surface area contributed by atoms with Gasteiger partial charge in [0.15, 0.2) is 0 Å². The molecule has 0 saturated heterocycles. The van der Waals surface area contributed by atoms with Crippen molar-refractivity contribution in [3.63, 3.8) is 0 Å². The summed E-state index contributed by atoms with van der Waals surface area (Å²) in [6.45, 7) is 0.610. The van der Waals surface area contributed by atoms with E-state index in [0.717, 1.165) is 22.0 Å². The third-order valence-electron chi connectivity index (χ3n) is 2.41. The van der Waals surface area contributed by atoms with Gasteiger partial charge in [-0.3, -0.25) is 4.79 Å². The van der Waals surface area contributed by atoms with Crippen LogP contribution >= 0.6 is 0 Å². The molecule has 0 fully saturated rings. The Morgan fingerprint density at radius 2 is 2.29 bits per heavy atom. The molecule has 1 amide bonds. The van der Waals surface area contributed by atoms with Crippen molar-refractivity contribution in [2.75, 3.05) is 0 Å². The number of carbonyl (C=O) groups excluding carboxylic acids is 1. The third kappa shape index (κ3) is 0.907. The van der Waals surface area contributed by atoms with E-state index < -0.39 is 0 Å². The second kappa shape index (κ2) is 2.51. The Morgan fingerprint density at radius 3 is 3.21 bits per heavy atom. The highest BCUT2D eigenvalue weighted by Gasteiger charge is 2.19. The number of benzene rings is 1. The van der Waals surface area contributed by atoms with E-state index >= 15 is 0 Å². The molecule has 14 heavy (non-hydrogen) atoms. The molecule has 0 aliphatic carbocycles. The zero-order valence-electron chi connectivity index (χ0n) is 7.32. The first-order valence-corrected chi connectivity index (χ1v) is 4.35. The number of fused-ring (bicyclic) bond motifs is 2. The van der Waals surface area contributed by atoms with Crippen molar-refractivity contribution in [3.8, 4) is 0 Å². The molecule has 4 nitrogen and oxygen atoms in total. The molecule has 0 unspecified atom stereocenters. The summed E-state index contributed by atoms with van der Waals surface area (Å²) < 4.78 is 0. The molecular formula is C10H7N3O. The fourth-order valence-corrected chi connectivity index (χ4v) is 1.70. The normalized spacial score (nSPS) is 14.1. The number of amides is 1. The van der Waals surface area contributed by atoms with Gasteiger partial charge in [0.2, 0.25) is 0 Å². The minimum atomic E-state index is -0.0134. The first-order chi connectivity index (χ1) is 6.84. The fourth-order valence-electron chi connectivity index (χ4n) is 1.70. The highest BCUT2D eigenvalue weighted by atomic mass is 16.1. The van der Waals surface area contributed by atoms with Gasteiger partial charge in [-0.1, -0.05) is 0 Å². The molecule has 0 saturated carbocycles. The van der Waals surface area contributed by atoms with Crippen molar-refractivity contribution in [1.29, 1.82) is 0 Å². The van der Waals surface area contributed by atoms with Crippen LogP contribution in [0.5, 0.6) is 0 Å². The maximum Gasteiger partial charge on any atom is 0.251 e. The third-order valence-corrected chi connectivity index (χ3v) is 2.41. The number of carbonyl (C=O) groups is 1. The Balaban J connectivity index is 2.38. The van der Waals surface area contributed by atoms with Crippen LogP contribution in [0.4, 0.5) is 0 Å². The van der Waals surface area contributed by atoms with Crippen LogP contribution in [0.1, 0.15) is 15.9 Å². The van der Waals surface area contributed by atoms with Gasteiger partial charge in [0.05, 0.1) is 5.52 Å². The predicted molar refractivity (Wildman–Crippen MR) is 50.7 cm³/mol.